The SMILES string of the molecule is CC(C)COC(c1ccccc1)C(C)C(=O)O. The molecular weight excluding hydrogens is 216 g/mol. The molecule has 0 aliphatic carbocycles. The summed E-state index contributed by atoms with van der Waals surface area (Å²) >= 11 is 0. The summed E-state index contributed by atoms with van der Waals surface area (Å²) in [4.78, 5) is 11.1. The Morgan fingerprint density at radius 3 is 2.29 bits per heavy atom. The molecule has 2 unspecified atom stereocenters. The first-order chi connectivity index (χ1) is 8.02. The Morgan fingerprint density at radius 1 is 1.24 bits per heavy atom. The van der Waals surface area contributed by atoms with E-state index in [-0.39, 0.29) is 6.10 Å². The lowest BCUT2D eigenvalue weighted by Crippen LogP contribution is -2.22. The standard InChI is InChI=1S/C14H20O3/c1-10(2)9-17-13(11(3)14(15)16)12-7-5-4-6-8-12/h4-8,10-11,13H,9H2,1-3H3,(H,15,16). The third kappa shape index (κ3) is 4.19. The van der Waals surface area contributed by atoms with Crippen LogP contribution in [-0.2, 0) is 9.53 Å². The zero-order valence-electron chi connectivity index (χ0n) is 10.6. The van der Waals surface area contributed by atoms with Crippen molar-refractivity contribution in [2.24, 2.45) is 11.8 Å². The first kappa shape index (κ1) is 13.7. The highest BCUT2D eigenvalue weighted by Crippen LogP contribution is 2.26. The van der Waals surface area contributed by atoms with Crippen LogP contribution in [0, 0.1) is 11.8 Å². The average molecular weight is 236 g/mol. The minimum absolute atomic E-state index is 0.379. The molecule has 94 valence electrons. The van der Waals surface area contributed by atoms with E-state index in [0.717, 1.165) is 5.56 Å². The van der Waals surface area contributed by atoms with Crippen LogP contribution in [-0.4, -0.2) is 17.7 Å². The molecule has 0 aliphatic rings. The van der Waals surface area contributed by atoms with Crippen molar-refractivity contribution in [1.82, 2.24) is 0 Å². The number of hydrogen-bond acceptors (Lipinski definition) is 2. The second-order valence-electron chi connectivity index (χ2n) is 4.69. The Morgan fingerprint density at radius 2 is 1.82 bits per heavy atom. The predicted molar refractivity (Wildman–Crippen MR) is 66.8 cm³/mol. The molecule has 3 nitrogen and oxygen atoms in total. The van der Waals surface area contributed by atoms with Crippen molar-refractivity contribution in [3.05, 3.63) is 35.9 Å². The van der Waals surface area contributed by atoms with Crippen molar-refractivity contribution < 1.29 is 14.6 Å². The monoisotopic (exact) mass is 236 g/mol. The fraction of sp³-hybridized carbons (Fsp3) is 0.500. The molecule has 2 atom stereocenters. The molecule has 0 fully saturated rings. The number of hydrogen-bond donors (Lipinski definition) is 1. The van der Waals surface area contributed by atoms with Gasteiger partial charge in [-0.3, -0.25) is 4.79 Å². The van der Waals surface area contributed by atoms with E-state index >= 15 is 0 Å². The molecule has 0 heterocycles. The number of ether oxygens (including phenoxy) is 1. The Kier molecular flexibility index (Phi) is 5.16. The van der Waals surface area contributed by atoms with Crippen molar-refractivity contribution in [3.63, 3.8) is 0 Å². The van der Waals surface area contributed by atoms with Crippen LogP contribution >= 0.6 is 0 Å². The van der Waals surface area contributed by atoms with Crippen molar-refractivity contribution in [1.29, 1.82) is 0 Å². The van der Waals surface area contributed by atoms with Gasteiger partial charge in [0.1, 0.15) is 0 Å². The molecule has 1 aromatic carbocycles. The van der Waals surface area contributed by atoms with Gasteiger partial charge in [0.25, 0.3) is 0 Å². The van der Waals surface area contributed by atoms with Crippen LogP contribution in [0.3, 0.4) is 0 Å². The molecule has 3 heteroatoms. The first-order valence-electron chi connectivity index (χ1n) is 5.91. The van der Waals surface area contributed by atoms with Gasteiger partial charge in [0.2, 0.25) is 0 Å². The zero-order chi connectivity index (χ0) is 12.8. The summed E-state index contributed by atoms with van der Waals surface area (Å²) in [5, 5.41) is 9.10. The topological polar surface area (TPSA) is 46.5 Å². The van der Waals surface area contributed by atoms with Crippen molar-refractivity contribution >= 4 is 5.97 Å². The summed E-state index contributed by atoms with van der Waals surface area (Å²) in [6.45, 7) is 6.35. The molecule has 0 saturated heterocycles. The minimum Gasteiger partial charge on any atom is -0.481 e. The highest BCUT2D eigenvalue weighted by atomic mass is 16.5. The molecular formula is C14H20O3. The number of aliphatic carboxylic acids is 1. The van der Waals surface area contributed by atoms with Gasteiger partial charge >= 0.3 is 5.97 Å². The van der Waals surface area contributed by atoms with Crippen LogP contribution < -0.4 is 0 Å². The van der Waals surface area contributed by atoms with Gasteiger partial charge in [-0.25, -0.2) is 0 Å². The number of benzene rings is 1. The van der Waals surface area contributed by atoms with Crippen LogP contribution in [0.4, 0.5) is 0 Å². The van der Waals surface area contributed by atoms with E-state index in [1.54, 1.807) is 6.92 Å². The Hall–Kier alpha value is -1.35. The third-order valence-electron chi connectivity index (χ3n) is 2.58. The van der Waals surface area contributed by atoms with Crippen molar-refractivity contribution in [3.8, 4) is 0 Å². The molecule has 0 radical (unpaired) electrons. The molecule has 17 heavy (non-hydrogen) atoms. The molecule has 0 aliphatic heterocycles. The van der Waals surface area contributed by atoms with Crippen molar-refractivity contribution in [2.45, 2.75) is 26.9 Å². The normalized spacial score (nSPS) is 14.6. The largest absolute Gasteiger partial charge is 0.481 e. The smallest absolute Gasteiger partial charge is 0.309 e. The van der Waals surface area contributed by atoms with Crippen molar-refractivity contribution in [2.75, 3.05) is 6.61 Å². The van der Waals surface area contributed by atoms with Gasteiger partial charge in [0, 0.05) is 6.61 Å². The van der Waals surface area contributed by atoms with Gasteiger partial charge in [0.05, 0.1) is 12.0 Å². The average Bonchev–Trinajstić information content (AvgIpc) is 2.30. The maximum atomic E-state index is 11.1. The van der Waals surface area contributed by atoms with Gasteiger partial charge < -0.3 is 9.84 Å². The second-order valence-corrected chi connectivity index (χ2v) is 4.69. The third-order valence-corrected chi connectivity index (χ3v) is 2.58. The number of carbonyl (C=O) groups is 1. The summed E-state index contributed by atoms with van der Waals surface area (Å²) < 4.78 is 5.73. The maximum Gasteiger partial charge on any atom is 0.309 e. The van der Waals surface area contributed by atoms with Gasteiger partial charge in [-0.1, -0.05) is 44.2 Å². The lowest BCUT2D eigenvalue weighted by atomic mass is 9.97. The lowest BCUT2D eigenvalue weighted by Gasteiger charge is -2.23. The zero-order valence-corrected chi connectivity index (χ0v) is 10.6. The summed E-state index contributed by atoms with van der Waals surface area (Å²) in [5.41, 5.74) is 0.919. The number of carboxylic acid groups (broad SMARTS) is 1. The van der Waals surface area contributed by atoms with Crippen LogP contribution in [0.1, 0.15) is 32.4 Å². The molecule has 0 aromatic heterocycles. The maximum absolute atomic E-state index is 11.1. The predicted octanol–water partition coefficient (Wildman–Crippen LogP) is 3.12. The van der Waals surface area contributed by atoms with Gasteiger partial charge in [-0.2, -0.15) is 0 Å². The fourth-order valence-electron chi connectivity index (χ4n) is 1.60. The number of carboxylic acids is 1. The second kappa shape index (κ2) is 6.40. The van der Waals surface area contributed by atoms with E-state index in [1.165, 1.54) is 0 Å². The van der Waals surface area contributed by atoms with Crippen LogP contribution in [0.25, 0.3) is 0 Å². The lowest BCUT2D eigenvalue weighted by molar-refractivity contribution is -0.147. The van der Waals surface area contributed by atoms with E-state index in [2.05, 4.69) is 0 Å². The summed E-state index contributed by atoms with van der Waals surface area (Å²) in [6, 6.07) is 9.52. The van der Waals surface area contributed by atoms with Crippen LogP contribution in [0.5, 0.6) is 0 Å². The summed E-state index contributed by atoms with van der Waals surface area (Å²) in [5.74, 6) is -0.985. The Labute approximate surface area is 102 Å². The minimum atomic E-state index is -0.831. The van der Waals surface area contributed by atoms with Gasteiger partial charge in [-0.05, 0) is 18.4 Å². The highest BCUT2D eigenvalue weighted by molar-refractivity contribution is 5.70. The molecule has 1 aromatic rings. The molecule has 0 saturated carbocycles. The molecule has 1 N–H and O–H groups in total. The van der Waals surface area contributed by atoms with E-state index in [4.69, 9.17) is 9.84 Å². The van der Waals surface area contributed by atoms with Crippen LogP contribution in [0.15, 0.2) is 30.3 Å². The molecule has 0 bridgehead atoms. The molecule has 0 spiro atoms. The Bertz CT molecular complexity index is 346. The fourth-order valence-corrected chi connectivity index (χ4v) is 1.60. The van der Waals surface area contributed by atoms with E-state index in [0.29, 0.717) is 12.5 Å². The van der Waals surface area contributed by atoms with Gasteiger partial charge in [0.15, 0.2) is 0 Å². The highest BCUT2D eigenvalue weighted by Gasteiger charge is 2.25. The quantitative estimate of drug-likeness (QED) is 0.825. The van der Waals surface area contributed by atoms with E-state index in [1.807, 2.05) is 44.2 Å². The summed E-state index contributed by atoms with van der Waals surface area (Å²) in [7, 11) is 0. The summed E-state index contributed by atoms with van der Waals surface area (Å²) in [6.07, 6.45) is -0.379. The van der Waals surface area contributed by atoms with Gasteiger partial charge in [-0.15, -0.1) is 0 Å². The first-order valence-corrected chi connectivity index (χ1v) is 5.91. The number of rotatable bonds is 6. The molecule has 1 rings (SSSR count). The van der Waals surface area contributed by atoms with E-state index in [9.17, 15) is 4.79 Å². The van der Waals surface area contributed by atoms with Crippen LogP contribution in [0.2, 0.25) is 0 Å². The molecule has 0 amide bonds. The Balaban J connectivity index is 2.83. The van der Waals surface area contributed by atoms with E-state index < -0.39 is 11.9 Å².